The monoisotopic (exact) mass is 679 g/mol. The molecule has 0 aliphatic carbocycles. The fourth-order valence-electron chi connectivity index (χ4n) is 5.99. The summed E-state index contributed by atoms with van der Waals surface area (Å²) in [4.78, 5) is 36.4. The van der Waals surface area contributed by atoms with Gasteiger partial charge in [-0.2, -0.15) is 13.2 Å². The second kappa shape index (κ2) is 14.9. The molecular weight excluding hydrogens is 647 g/mol. The van der Waals surface area contributed by atoms with Crippen LogP contribution < -0.4 is 0 Å². The van der Waals surface area contributed by atoms with Crippen molar-refractivity contribution in [3.63, 3.8) is 0 Å². The summed E-state index contributed by atoms with van der Waals surface area (Å²) in [5.41, 5.74) is 5.17. The van der Waals surface area contributed by atoms with Crippen LogP contribution in [0.3, 0.4) is 0 Å². The summed E-state index contributed by atoms with van der Waals surface area (Å²) in [6.07, 6.45) is 0.966. The highest BCUT2D eigenvalue weighted by atomic mass is 35.5. The molecule has 0 fully saturated rings. The highest BCUT2D eigenvalue weighted by Gasteiger charge is 2.34. The van der Waals surface area contributed by atoms with Crippen molar-refractivity contribution in [1.82, 2.24) is 14.8 Å². The summed E-state index contributed by atoms with van der Waals surface area (Å²) in [6, 6.07) is 32.3. The van der Waals surface area contributed by atoms with Gasteiger partial charge in [-0.05, 0) is 76.7 Å². The number of rotatable bonds is 9. The molecular formula is C40H33ClF3N3O2. The van der Waals surface area contributed by atoms with E-state index in [0.29, 0.717) is 30.1 Å². The first-order valence-corrected chi connectivity index (χ1v) is 16.3. The van der Waals surface area contributed by atoms with Crippen LogP contribution in [0.5, 0.6) is 0 Å². The smallest absolute Gasteiger partial charge is 0.336 e. The molecule has 0 saturated carbocycles. The van der Waals surface area contributed by atoms with E-state index in [1.165, 1.54) is 24.3 Å². The number of benzene rings is 4. The van der Waals surface area contributed by atoms with Crippen LogP contribution in [0.2, 0.25) is 5.02 Å². The second-order valence-corrected chi connectivity index (χ2v) is 12.4. The first kappa shape index (κ1) is 33.7. The van der Waals surface area contributed by atoms with E-state index in [1.54, 1.807) is 16.0 Å². The minimum atomic E-state index is -4.47. The number of amides is 2. The molecule has 9 heteroatoms. The zero-order chi connectivity index (χ0) is 34.4. The van der Waals surface area contributed by atoms with E-state index in [2.05, 4.69) is 4.98 Å². The van der Waals surface area contributed by atoms with E-state index in [4.69, 9.17) is 11.6 Å². The average molecular weight is 680 g/mol. The predicted molar refractivity (Wildman–Crippen MR) is 185 cm³/mol. The lowest BCUT2D eigenvalue weighted by Gasteiger charge is -2.37. The standard InChI is InChI=1S/C40H33ClF3N3O2/c41-35-19-16-33-27-46(23-21-32(33)25-35)39(49)37(24-29-6-2-1-3-7-29)47(26-30-9-14-31(15-10-30)36-8-4-5-22-45-36)38(48)20-13-28-11-17-34(18-12-28)40(42,43)44/h1-20,22,25,37H,21,23-24,26-27H2. The number of fused-ring (bicyclic) bond motifs is 1. The molecule has 0 spiro atoms. The number of aromatic nitrogens is 1. The van der Waals surface area contributed by atoms with Crippen LogP contribution >= 0.6 is 11.6 Å². The van der Waals surface area contributed by atoms with Gasteiger partial charge in [0, 0.05) is 48.9 Å². The van der Waals surface area contributed by atoms with Gasteiger partial charge in [0.1, 0.15) is 6.04 Å². The van der Waals surface area contributed by atoms with Crippen LogP contribution in [0.15, 0.2) is 128 Å². The Labute approximate surface area is 288 Å². The molecule has 5 nitrogen and oxygen atoms in total. The van der Waals surface area contributed by atoms with Crippen molar-refractivity contribution < 1.29 is 22.8 Å². The van der Waals surface area contributed by atoms with E-state index >= 15 is 0 Å². The van der Waals surface area contributed by atoms with Gasteiger partial charge in [0.05, 0.1) is 11.3 Å². The summed E-state index contributed by atoms with van der Waals surface area (Å²) >= 11 is 6.23. The van der Waals surface area contributed by atoms with Gasteiger partial charge in [-0.1, -0.05) is 90.5 Å². The Kier molecular flexibility index (Phi) is 10.3. The Hall–Kier alpha value is -5.21. The van der Waals surface area contributed by atoms with Crippen LogP contribution in [0.25, 0.3) is 17.3 Å². The maximum Gasteiger partial charge on any atom is 0.416 e. The Balaban J connectivity index is 1.34. The number of hydrogen-bond donors (Lipinski definition) is 0. The zero-order valence-electron chi connectivity index (χ0n) is 26.5. The van der Waals surface area contributed by atoms with Crippen molar-refractivity contribution >= 4 is 29.5 Å². The summed E-state index contributed by atoms with van der Waals surface area (Å²) < 4.78 is 39.4. The topological polar surface area (TPSA) is 53.5 Å². The first-order valence-electron chi connectivity index (χ1n) is 15.9. The first-order chi connectivity index (χ1) is 23.6. The van der Waals surface area contributed by atoms with Crippen LogP contribution in [0.1, 0.15) is 33.4 Å². The Morgan fingerprint density at radius 2 is 1.59 bits per heavy atom. The molecule has 1 aliphatic rings. The minimum absolute atomic E-state index is 0.127. The van der Waals surface area contributed by atoms with Crippen molar-refractivity contribution in [2.75, 3.05) is 6.54 Å². The zero-order valence-corrected chi connectivity index (χ0v) is 27.2. The molecule has 1 unspecified atom stereocenters. The molecule has 248 valence electrons. The number of halogens is 4. The fourth-order valence-corrected chi connectivity index (χ4v) is 6.18. The Morgan fingerprint density at radius 1 is 0.857 bits per heavy atom. The normalized spacial score (nSPS) is 13.6. The van der Waals surface area contributed by atoms with Crippen LogP contribution in [-0.2, 0) is 41.7 Å². The van der Waals surface area contributed by atoms with Gasteiger partial charge >= 0.3 is 6.18 Å². The summed E-state index contributed by atoms with van der Waals surface area (Å²) in [6.45, 7) is 0.987. The maximum absolute atomic E-state index is 14.5. The molecule has 2 heterocycles. The summed E-state index contributed by atoms with van der Waals surface area (Å²) in [7, 11) is 0. The third-order valence-electron chi connectivity index (χ3n) is 8.63. The molecule has 1 atom stereocenters. The lowest BCUT2D eigenvalue weighted by molar-refractivity contribution is -0.144. The van der Waals surface area contributed by atoms with Crippen molar-refractivity contribution in [3.05, 3.63) is 166 Å². The van der Waals surface area contributed by atoms with E-state index in [0.717, 1.165) is 45.6 Å². The Morgan fingerprint density at radius 3 is 2.29 bits per heavy atom. The van der Waals surface area contributed by atoms with Crippen LogP contribution in [0, 0.1) is 0 Å². The SMILES string of the molecule is O=C(C(Cc1ccccc1)N(Cc1ccc(-c2ccccn2)cc1)C(=O)C=Cc1ccc(C(F)(F)F)cc1)N1CCc2cc(Cl)ccc2C1. The van der Waals surface area contributed by atoms with Gasteiger partial charge < -0.3 is 9.80 Å². The number of alkyl halides is 3. The number of hydrogen-bond acceptors (Lipinski definition) is 3. The molecule has 4 aromatic carbocycles. The molecule has 2 amide bonds. The van der Waals surface area contributed by atoms with Crippen molar-refractivity contribution in [1.29, 1.82) is 0 Å². The van der Waals surface area contributed by atoms with E-state index in [1.807, 2.05) is 91.0 Å². The minimum Gasteiger partial charge on any atom is -0.336 e. The number of nitrogens with zero attached hydrogens (tertiary/aromatic N) is 3. The van der Waals surface area contributed by atoms with Gasteiger partial charge in [0.15, 0.2) is 0 Å². The molecule has 1 aliphatic heterocycles. The van der Waals surface area contributed by atoms with E-state index in [9.17, 15) is 22.8 Å². The molecule has 0 saturated heterocycles. The molecule has 0 bridgehead atoms. The van der Waals surface area contributed by atoms with Crippen LogP contribution in [0.4, 0.5) is 13.2 Å². The summed E-state index contributed by atoms with van der Waals surface area (Å²) in [5, 5.41) is 0.645. The lowest BCUT2D eigenvalue weighted by atomic mass is 9.97. The third-order valence-corrected chi connectivity index (χ3v) is 8.87. The van der Waals surface area contributed by atoms with Gasteiger partial charge in [0.25, 0.3) is 0 Å². The number of carbonyl (C=O) groups excluding carboxylic acids is 2. The molecule has 0 radical (unpaired) electrons. The molecule has 1 aromatic heterocycles. The van der Waals surface area contributed by atoms with Gasteiger partial charge in [-0.3, -0.25) is 14.6 Å². The van der Waals surface area contributed by atoms with Gasteiger partial charge in [-0.25, -0.2) is 0 Å². The molecule has 6 rings (SSSR count). The predicted octanol–water partition coefficient (Wildman–Crippen LogP) is 8.66. The van der Waals surface area contributed by atoms with Gasteiger partial charge in [0.2, 0.25) is 11.8 Å². The molecule has 5 aromatic rings. The largest absolute Gasteiger partial charge is 0.416 e. The van der Waals surface area contributed by atoms with Crippen molar-refractivity contribution in [2.24, 2.45) is 0 Å². The van der Waals surface area contributed by atoms with Crippen LogP contribution in [-0.4, -0.2) is 39.2 Å². The lowest BCUT2D eigenvalue weighted by Crippen LogP contribution is -2.52. The molecule has 0 N–H and O–H groups in total. The average Bonchev–Trinajstić information content (AvgIpc) is 3.12. The fraction of sp³-hybridized carbons (Fsp3) is 0.175. The highest BCUT2D eigenvalue weighted by molar-refractivity contribution is 6.30. The van der Waals surface area contributed by atoms with E-state index in [-0.39, 0.29) is 18.9 Å². The maximum atomic E-state index is 14.5. The second-order valence-electron chi connectivity index (χ2n) is 12.0. The van der Waals surface area contributed by atoms with E-state index < -0.39 is 23.7 Å². The van der Waals surface area contributed by atoms with Crippen molar-refractivity contribution in [3.8, 4) is 11.3 Å². The highest BCUT2D eigenvalue weighted by Crippen LogP contribution is 2.30. The number of carbonyl (C=O) groups is 2. The number of pyridine rings is 1. The summed E-state index contributed by atoms with van der Waals surface area (Å²) in [5.74, 6) is -0.627. The van der Waals surface area contributed by atoms with Crippen molar-refractivity contribution in [2.45, 2.75) is 38.1 Å². The quantitative estimate of drug-likeness (QED) is 0.147. The van der Waals surface area contributed by atoms with Gasteiger partial charge in [-0.15, -0.1) is 0 Å². The third kappa shape index (κ3) is 8.45. The Bertz CT molecular complexity index is 1930. The molecule has 49 heavy (non-hydrogen) atoms.